The van der Waals surface area contributed by atoms with E-state index in [0.717, 1.165) is 12.8 Å². The van der Waals surface area contributed by atoms with E-state index in [0.29, 0.717) is 35.4 Å². The Hall–Kier alpha value is -2.90. The lowest BCUT2D eigenvalue weighted by molar-refractivity contribution is 0.0704. The fourth-order valence-corrected chi connectivity index (χ4v) is 2.85. The van der Waals surface area contributed by atoms with Crippen LogP contribution in [0.15, 0.2) is 33.4 Å². The Morgan fingerprint density at radius 2 is 2.39 bits per heavy atom. The molecular weight excluding hydrogens is 298 g/mol. The minimum absolute atomic E-state index is 0.155. The molecule has 0 aromatic carbocycles. The predicted molar refractivity (Wildman–Crippen MR) is 78.3 cm³/mol. The lowest BCUT2D eigenvalue weighted by Crippen LogP contribution is -2.31. The SMILES string of the molecule is Cc1noc(C2CCCN2C(=O)c2cc(-c3ccco3)[nH]n2)n1. The van der Waals surface area contributed by atoms with Gasteiger partial charge in [0.05, 0.1) is 6.26 Å². The van der Waals surface area contributed by atoms with Gasteiger partial charge in [-0.05, 0) is 31.9 Å². The Kier molecular flexibility index (Phi) is 3.22. The van der Waals surface area contributed by atoms with Gasteiger partial charge in [0.25, 0.3) is 5.91 Å². The van der Waals surface area contributed by atoms with Crippen LogP contribution in [-0.4, -0.2) is 37.7 Å². The first-order valence-electron chi connectivity index (χ1n) is 7.43. The summed E-state index contributed by atoms with van der Waals surface area (Å²) >= 11 is 0. The fraction of sp³-hybridized carbons (Fsp3) is 0.333. The Labute approximate surface area is 131 Å². The number of carbonyl (C=O) groups excluding carboxylic acids is 1. The maximum Gasteiger partial charge on any atom is 0.275 e. The third-order valence-electron chi connectivity index (χ3n) is 3.93. The summed E-state index contributed by atoms with van der Waals surface area (Å²) < 4.78 is 10.5. The fourth-order valence-electron chi connectivity index (χ4n) is 2.85. The Balaban J connectivity index is 1.58. The van der Waals surface area contributed by atoms with Crippen LogP contribution >= 0.6 is 0 Å². The Morgan fingerprint density at radius 1 is 1.48 bits per heavy atom. The van der Waals surface area contributed by atoms with E-state index >= 15 is 0 Å². The highest BCUT2D eigenvalue weighted by Crippen LogP contribution is 2.32. The lowest BCUT2D eigenvalue weighted by atomic mass is 10.2. The van der Waals surface area contributed by atoms with Crippen molar-refractivity contribution in [1.29, 1.82) is 0 Å². The quantitative estimate of drug-likeness (QED) is 0.796. The van der Waals surface area contributed by atoms with E-state index in [1.54, 1.807) is 30.2 Å². The molecule has 3 aromatic rings. The molecule has 8 nitrogen and oxygen atoms in total. The van der Waals surface area contributed by atoms with Crippen LogP contribution < -0.4 is 0 Å². The van der Waals surface area contributed by atoms with Gasteiger partial charge in [-0.1, -0.05) is 5.16 Å². The van der Waals surface area contributed by atoms with Crippen molar-refractivity contribution in [2.45, 2.75) is 25.8 Å². The normalized spacial score (nSPS) is 17.8. The molecule has 1 unspecified atom stereocenters. The third kappa shape index (κ3) is 2.41. The van der Waals surface area contributed by atoms with Gasteiger partial charge in [0, 0.05) is 12.6 Å². The molecule has 1 aliphatic heterocycles. The molecule has 0 bridgehead atoms. The summed E-state index contributed by atoms with van der Waals surface area (Å²) in [6, 6.07) is 5.09. The number of furan rings is 1. The van der Waals surface area contributed by atoms with Gasteiger partial charge < -0.3 is 13.8 Å². The molecule has 0 spiro atoms. The topological polar surface area (TPSA) is 101 Å². The molecule has 1 atom stereocenters. The zero-order valence-electron chi connectivity index (χ0n) is 12.5. The summed E-state index contributed by atoms with van der Waals surface area (Å²) in [5, 5.41) is 10.7. The number of amides is 1. The molecule has 0 radical (unpaired) electrons. The number of hydrogen-bond acceptors (Lipinski definition) is 6. The smallest absolute Gasteiger partial charge is 0.275 e. The maximum absolute atomic E-state index is 12.7. The van der Waals surface area contributed by atoms with Crippen molar-refractivity contribution >= 4 is 5.91 Å². The molecule has 23 heavy (non-hydrogen) atoms. The van der Waals surface area contributed by atoms with E-state index in [2.05, 4.69) is 20.3 Å². The third-order valence-corrected chi connectivity index (χ3v) is 3.93. The van der Waals surface area contributed by atoms with Crippen LogP contribution in [0.5, 0.6) is 0 Å². The molecule has 0 saturated carbocycles. The standard InChI is InChI=1S/C15H15N5O3/c1-9-16-14(23-19-9)12-4-2-6-20(12)15(21)11-8-10(17-18-11)13-5-3-7-22-13/h3,5,7-8,12H,2,4,6H2,1H3,(H,17,18). The van der Waals surface area contributed by atoms with Gasteiger partial charge in [-0.25, -0.2) is 0 Å². The number of nitrogens with one attached hydrogen (secondary N) is 1. The number of aromatic nitrogens is 4. The van der Waals surface area contributed by atoms with Crippen molar-refractivity contribution in [2.75, 3.05) is 6.54 Å². The summed E-state index contributed by atoms with van der Waals surface area (Å²) in [6.45, 7) is 2.41. The van der Waals surface area contributed by atoms with Crippen LogP contribution in [0.2, 0.25) is 0 Å². The van der Waals surface area contributed by atoms with E-state index in [4.69, 9.17) is 8.94 Å². The molecule has 1 aliphatic rings. The summed E-state index contributed by atoms with van der Waals surface area (Å²) in [5.41, 5.74) is 1.02. The number of H-pyrrole nitrogens is 1. The minimum Gasteiger partial charge on any atom is -0.463 e. The second kappa shape index (κ2) is 5.38. The monoisotopic (exact) mass is 313 g/mol. The minimum atomic E-state index is -0.188. The first-order chi connectivity index (χ1) is 11.2. The molecule has 4 heterocycles. The molecule has 1 amide bonds. The van der Waals surface area contributed by atoms with Crippen LogP contribution in [0.25, 0.3) is 11.5 Å². The number of carbonyl (C=O) groups is 1. The predicted octanol–water partition coefficient (Wildman–Crippen LogP) is 2.34. The summed E-state index contributed by atoms with van der Waals surface area (Å²) in [5.74, 6) is 1.54. The van der Waals surface area contributed by atoms with Gasteiger partial charge >= 0.3 is 0 Å². The van der Waals surface area contributed by atoms with Gasteiger partial charge in [-0.2, -0.15) is 10.1 Å². The molecule has 1 N–H and O–H groups in total. The molecular formula is C15H15N5O3. The largest absolute Gasteiger partial charge is 0.463 e. The van der Waals surface area contributed by atoms with E-state index in [-0.39, 0.29) is 11.9 Å². The highest BCUT2D eigenvalue weighted by Gasteiger charge is 2.35. The molecule has 3 aromatic heterocycles. The van der Waals surface area contributed by atoms with Crippen molar-refractivity contribution in [3.8, 4) is 11.5 Å². The summed E-state index contributed by atoms with van der Waals surface area (Å²) in [4.78, 5) is 18.7. The molecule has 4 rings (SSSR count). The molecule has 8 heteroatoms. The molecule has 1 fully saturated rings. The number of hydrogen-bond donors (Lipinski definition) is 1. The second-order valence-electron chi connectivity index (χ2n) is 5.48. The van der Waals surface area contributed by atoms with Crippen molar-refractivity contribution in [1.82, 2.24) is 25.2 Å². The van der Waals surface area contributed by atoms with Gasteiger partial charge in [-0.3, -0.25) is 9.89 Å². The zero-order chi connectivity index (χ0) is 15.8. The van der Waals surface area contributed by atoms with Crippen LogP contribution in [0.3, 0.4) is 0 Å². The van der Waals surface area contributed by atoms with Gasteiger partial charge in [0.2, 0.25) is 5.89 Å². The van der Waals surface area contributed by atoms with Gasteiger partial charge in [-0.15, -0.1) is 0 Å². The summed E-state index contributed by atoms with van der Waals surface area (Å²) in [7, 11) is 0. The van der Waals surface area contributed by atoms with Crippen molar-refractivity contribution < 1.29 is 13.7 Å². The average Bonchev–Trinajstić information content (AvgIpc) is 3.31. The van der Waals surface area contributed by atoms with Gasteiger partial charge in [0.15, 0.2) is 17.3 Å². The first kappa shape index (κ1) is 13.7. The van der Waals surface area contributed by atoms with E-state index in [1.807, 2.05) is 6.07 Å². The van der Waals surface area contributed by atoms with E-state index in [1.165, 1.54) is 0 Å². The molecule has 118 valence electrons. The number of likely N-dealkylation sites (tertiary alicyclic amines) is 1. The Bertz CT molecular complexity index is 820. The zero-order valence-corrected chi connectivity index (χ0v) is 12.5. The van der Waals surface area contributed by atoms with Crippen molar-refractivity contribution in [3.05, 3.63) is 41.9 Å². The van der Waals surface area contributed by atoms with Gasteiger partial charge in [0.1, 0.15) is 11.7 Å². The number of aryl methyl sites for hydroxylation is 1. The van der Waals surface area contributed by atoms with Crippen LogP contribution in [0.4, 0.5) is 0 Å². The highest BCUT2D eigenvalue weighted by molar-refractivity contribution is 5.93. The van der Waals surface area contributed by atoms with Crippen LogP contribution in [-0.2, 0) is 0 Å². The molecule has 1 saturated heterocycles. The lowest BCUT2D eigenvalue weighted by Gasteiger charge is -2.20. The number of rotatable bonds is 3. The number of aromatic amines is 1. The van der Waals surface area contributed by atoms with Crippen molar-refractivity contribution in [2.24, 2.45) is 0 Å². The number of nitrogens with zero attached hydrogens (tertiary/aromatic N) is 4. The highest BCUT2D eigenvalue weighted by atomic mass is 16.5. The first-order valence-corrected chi connectivity index (χ1v) is 7.43. The molecule has 0 aliphatic carbocycles. The van der Waals surface area contributed by atoms with E-state index < -0.39 is 0 Å². The van der Waals surface area contributed by atoms with Crippen LogP contribution in [0, 0.1) is 6.92 Å². The van der Waals surface area contributed by atoms with Crippen LogP contribution in [0.1, 0.15) is 41.1 Å². The maximum atomic E-state index is 12.7. The second-order valence-corrected chi connectivity index (χ2v) is 5.48. The Morgan fingerprint density at radius 3 is 3.13 bits per heavy atom. The van der Waals surface area contributed by atoms with Crippen molar-refractivity contribution in [3.63, 3.8) is 0 Å². The average molecular weight is 313 g/mol. The van der Waals surface area contributed by atoms with E-state index in [9.17, 15) is 4.79 Å². The summed E-state index contributed by atoms with van der Waals surface area (Å²) in [6.07, 6.45) is 3.28.